The molecule has 0 spiro atoms. The number of aliphatic carboxylic acids is 1. The fourth-order valence-corrected chi connectivity index (χ4v) is 1.91. The molecule has 8 heteroatoms. The molecule has 0 atom stereocenters. The third-order valence-corrected chi connectivity index (χ3v) is 2.90. The van der Waals surface area contributed by atoms with Gasteiger partial charge in [-0.25, -0.2) is 4.98 Å². The summed E-state index contributed by atoms with van der Waals surface area (Å²) in [4.78, 5) is 26.0. The van der Waals surface area contributed by atoms with Crippen molar-refractivity contribution in [3.63, 3.8) is 0 Å². The lowest BCUT2D eigenvalue weighted by Gasteiger charge is -2.08. The van der Waals surface area contributed by atoms with Crippen LogP contribution in [0.15, 0.2) is 30.5 Å². The number of pyridine rings is 1. The van der Waals surface area contributed by atoms with Crippen LogP contribution in [0, 0.1) is 11.3 Å². The van der Waals surface area contributed by atoms with E-state index in [9.17, 15) is 14.7 Å². The highest BCUT2D eigenvalue weighted by molar-refractivity contribution is 6.32. The van der Waals surface area contributed by atoms with Crippen molar-refractivity contribution >= 4 is 25.2 Å². The molecule has 0 aliphatic rings. The second kappa shape index (κ2) is 6.62. The van der Waals surface area contributed by atoms with E-state index in [0.717, 1.165) is 0 Å². The van der Waals surface area contributed by atoms with Crippen LogP contribution in [0.4, 0.5) is 0 Å². The minimum absolute atomic E-state index is 0.292. The molecule has 3 N–H and O–H groups in total. The van der Waals surface area contributed by atoms with Gasteiger partial charge in [0, 0.05) is 11.8 Å². The van der Waals surface area contributed by atoms with Crippen LogP contribution in [-0.2, 0) is 4.79 Å². The molecule has 1 amide bonds. The van der Waals surface area contributed by atoms with Crippen LogP contribution in [0.2, 0.25) is 0 Å². The van der Waals surface area contributed by atoms with Gasteiger partial charge in [0.1, 0.15) is 20.1 Å². The first-order valence-electron chi connectivity index (χ1n) is 6.40. The predicted molar refractivity (Wildman–Crippen MR) is 81.4 cm³/mol. The summed E-state index contributed by atoms with van der Waals surface area (Å²) < 4.78 is 0. The Bertz CT molecular complexity index is 830. The maximum absolute atomic E-state index is 11.7. The van der Waals surface area contributed by atoms with Crippen molar-refractivity contribution in [1.29, 1.82) is 5.26 Å². The second-order valence-electron chi connectivity index (χ2n) is 4.62. The molecule has 2 rings (SSSR count). The lowest BCUT2D eigenvalue weighted by Crippen LogP contribution is -2.29. The van der Waals surface area contributed by atoms with Gasteiger partial charge in [0.25, 0.3) is 5.91 Å². The van der Waals surface area contributed by atoms with E-state index < -0.39 is 24.2 Å². The highest BCUT2D eigenvalue weighted by Crippen LogP contribution is 2.24. The number of carboxylic acid groups (broad SMARTS) is 1. The van der Waals surface area contributed by atoms with Gasteiger partial charge in [-0.1, -0.05) is 17.6 Å². The standard InChI is InChI=1S/C15H10BN3O4/c16-11-2-8(5-17)1-9(3-11)10-4-12(20)14(18-6-10)15(23)19-7-13(21)22/h1-4,6,20H,7H2,(H,19,23)(H,21,22). The summed E-state index contributed by atoms with van der Waals surface area (Å²) in [6.07, 6.45) is 1.32. The summed E-state index contributed by atoms with van der Waals surface area (Å²) in [5, 5.41) is 29.5. The van der Waals surface area contributed by atoms with Crippen LogP contribution in [0.1, 0.15) is 16.1 Å². The summed E-state index contributed by atoms with van der Waals surface area (Å²) >= 11 is 0. The molecule has 0 unspecified atom stereocenters. The van der Waals surface area contributed by atoms with Crippen LogP contribution in [0.25, 0.3) is 11.1 Å². The molecule has 1 aromatic heterocycles. The SMILES string of the molecule is [B]c1cc(C#N)cc(-c2cnc(C(=O)NCC(=O)O)c(O)c2)c1. The zero-order chi connectivity index (χ0) is 17.0. The molecule has 112 valence electrons. The number of nitrogens with zero attached hydrogens (tertiary/aromatic N) is 2. The Morgan fingerprint density at radius 1 is 1.26 bits per heavy atom. The molecule has 2 radical (unpaired) electrons. The number of carbonyl (C=O) groups is 2. The normalized spacial score (nSPS) is 9.87. The van der Waals surface area contributed by atoms with E-state index >= 15 is 0 Å². The molecule has 0 aliphatic heterocycles. The number of amides is 1. The minimum Gasteiger partial charge on any atom is -0.505 e. The average Bonchev–Trinajstić information content (AvgIpc) is 2.51. The molecule has 0 bridgehead atoms. The molecule has 0 fully saturated rings. The van der Waals surface area contributed by atoms with Crippen molar-refractivity contribution < 1.29 is 19.8 Å². The largest absolute Gasteiger partial charge is 0.505 e. The summed E-state index contributed by atoms with van der Waals surface area (Å²) in [5.41, 5.74) is 1.45. The van der Waals surface area contributed by atoms with Gasteiger partial charge in [0.2, 0.25) is 0 Å². The summed E-state index contributed by atoms with van der Waals surface area (Å²) in [5.74, 6) is -2.42. The number of aromatic hydroxyl groups is 1. The first-order chi connectivity index (χ1) is 10.9. The Balaban J connectivity index is 2.33. The predicted octanol–water partition coefficient (Wildman–Crippen LogP) is -0.0659. The van der Waals surface area contributed by atoms with Crippen LogP contribution in [0.5, 0.6) is 5.75 Å². The smallest absolute Gasteiger partial charge is 0.322 e. The van der Waals surface area contributed by atoms with Crippen LogP contribution >= 0.6 is 0 Å². The second-order valence-corrected chi connectivity index (χ2v) is 4.62. The minimum atomic E-state index is -1.21. The van der Waals surface area contributed by atoms with Gasteiger partial charge < -0.3 is 15.5 Å². The summed E-state index contributed by atoms with van der Waals surface area (Å²) in [6, 6.07) is 7.93. The molecular formula is C15H10BN3O4. The van der Waals surface area contributed by atoms with Crippen LogP contribution in [0.3, 0.4) is 0 Å². The number of nitrogens with one attached hydrogen (secondary N) is 1. The molecule has 1 aromatic carbocycles. The van der Waals surface area contributed by atoms with E-state index in [2.05, 4.69) is 10.3 Å². The van der Waals surface area contributed by atoms with Crippen molar-refractivity contribution in [2.45, 2.75) is 0 Å². The van der Waals surface area contributed by atoms with Gasteiger partial charge in [-0.05, 0) is 17.7 Å². The number of carboxylic acids is 1. The molecular weight excluding hydrogens is 297 g/mol. The van der Waals surface area contributed by atoms with E-state index in [1.807, 2.05) is 6.07 Å². The molecule has 7 nitrogen and oxygen atoms in total. The summed E-state index contributed by atoms with van der Waals surface area (Å²) in [6.45, 7) is -0.581. The van der Waals surface area contributed by atoms with E-state index in [-0.39, 0.29) is 5.69 Å². The van der Waals surface area contributed by atoms with Crippen LogP contribution in [-0.4, -0.2) is 41.5 Å². The molecule has 0 aliphatic carbocycles. The lowest BCUT2D eigenvalue weighted by molar-refractivity contribution is -0.135. The number of aromatic nitrogens is 1. The maximum Gasteiger partial charge on any atom is 0.322 e. The quantitative estimate of drug-likeness (QED) is 0.680. The number of hydrogen-bond donors (Lipinski definition) is 3. The molecule has 0 saturated heterocycles. The fourth-order valence-electron chi connectivity index (χ4n) is 1.91. The first kappa shape index (κ1) is 16.0. The highest BCUT2D eigenvalue weighted by Gasteiger charge is 2.15. The maximum atomic E-state index is 11.7. The highest BCUT2D eigenvalue weighted by atomic mass is 16.4. The van der Waals surface area contributed by atoms with E-state index in [1.165, 1.54) is 18.3 Å². The number of hydrogen-bond acceptors (Lipinski definition) is 5. The fraction of sp³-hybridized carbons (Fsp3) is 0.0667. The zero-order valence-corrected chi connectivity index (χ0v) is 11.8. The Hall–Kier alpha value is -3.34. The first-order valence-corrected chi connectivity index (χ1v) is 6.40. The molecule has 0 saturated carbocycles. The Labute approximate surface area is 132 Å². The van der Waals surface area contributed by atoms with Gasteiger partial charge in [-0.15, -0.1) is 0 Å². The van der Waals surface area contributed by atoms with E-state index in [0.29, 0.717) is 22.2 Å². The summed E-state index contributed by atoms with van der Waals surface area (Å²) in [7, 11) is 5.70. The molecule has 23 heavy (non-hydrogen) atoms. The van der Waals surface area contributed by atoms with Gasteiger partial charge in [0.05, 0.1) is 11.6 Å². The van der Waals surface area contributed by atoms with Crippen molar-refractivity contribution in [2.24, 2.45) is 0 Å². The Kier molecular flexibility index (Phi) is 4.62. The molecule has 1 heterocycles. The Morgan fingerprint density at radius 3 is 2.61 bits per heavy atom. The number of carbonyl (C=O) groups excluding carboxylic acids is 1. The van der Waals surface area contributed by atoms with Crippen molar-refractivity contribution in [3.8, 4) is 22.9 Å². The Morgan fingerprint density at radius 2 is 2.00 bits per heavy atom. The van der Waals surface area contributed by atoms with Crippen molar-refractivity contribution in [3.05, 3.63) is 41.7 Å². The topological polar surface area (TPSA) is 123 Å². The van der Waals surface area contributed by atoms with Gasteiger partial charge in [-0.2, -0.15) is 5.26 Å². The molecule has 2 aromatic rings. The van der Waals surface area contributed by atoms with E-state index in [4.69, 9.17) is 18.2 Å². The third-order valence-electron chi connectivity index (χ3n) is 2.90. The number of rotatable bonds is 4. The van der Waals surface area contributed by atoms with Crippen LogP contribution < -0.4 is 10.8 Å². The third kappa shape index (κ3) is 3.86. The number of benzene rings is 1. The van der Waals surface area contributed by atoms with Crippen molar-refractivity contribution in [2.75, 3.05) is 6.54 Å². The average molecular weight is 307 g/mol. The van der Waals surface area contributed by atoms with Crippen molar-refractivity contribution in [1.82, 2.24) is 10.3 Å². The monoisotopic (exact) mass is 307 g/mol. The van der Waals surface area contributed by atoms with E-state index in [1.54, 1.807) is 12.1 Å². The zero-order valence-electron chi connectivity index (χ0n) is 11.8. The van der Waals surface area contributed by atoms with Gasteiger partial charge in [-0.3, -0.25) is 9.59 Å². The van der Waals surface area contributed by atoms with Gasteiger partial charge in [0.15, 0.2) is 5.69 Å². The number of nitriles is 1. The lowest BCUT2D eigenvalue weighted by atomic mass is 9.90. The van der Waals surface area contributed by atoms with Gasteiger partial charge >= 0.3 is 5.97 Å².